The lowest BCUT2D eigenvalue weighted by molar-refractivity contribution is -0.126. The molecular weight excluding hydrogens is 254 g/mol. The van der Waals surface area contributed by atoms with Gasteiger partial charge in [-0.3, -0.25) is 4.79 Å². The van der Waals surface area contributed by atoms with E-state index in [1.807, 2.05) is 6.92 Å². The van der Waals surface area contributed by atoms with Crippen LogP contribution in [0, 0.1) is 0 Å². The van der Waals surface area contributed by atoms with Gasteiger partial charge in [-0.2, -0.15) is 0 Å². The molecule has 0 aliphatic carbocycles. The zero-order valence-corrected chi connectivity index (χ0v) is 11.4. The molecule has 0 atom stereocenters. The highest BCUT2D eigenvalue weighted by Gasteiger charge is 2.00. The van der Waals surface area contributed by atoms with Crippen LogP contribution in [0.15, 0.2) is 0 Å². The van der Waals surface area contributed by atoms with Gasteiger partial charge >= 0.3 is 0 Å². The Morgan fingerprint density at radius 2 is 1.68 bits per heavy atom. The van der Waals surface area contributed by atoms with Crippen LogP contribution in [0.4, 0.5) is 0 Å². The molecule has 0 unspecified atom stereocenters. The first-order valence-electron chi connectivity index (χ1n) is 6.32. The molecule has 0 aromatic heterocycles. The summed E-state index contributed by atoms with van der Waals surface area (Å²) in [4.78, 5) is 21.2. The van der Waals surface area contributed by atoms with Gasteiger partial charge in [0.15, 0.2) is 0 Å². The number of aldehydes is 1. The summed E-state index contributed by atoms with van der Waals surface area (Å²) >= 11 is 0. The Balaban J connectivity index is 3.13. The Kier molecular flexibility index (Phi) is 14.2. The van der Waals surface area contributed by atoms with Gasteiger partial charge in [0.05, 0.1) is 33.0 Å². The highest BCUT2D eigenvalue weighted by atomic mass is 16.5. The molecule has 0 heterocycles. The van der Waals surface area contributed by atoms with Crippen LogP contribution in [0.25, 0.3) is 0 Å². The largest absolute Gasteiger partial charge is 0.379 e. The number of amides is 1. The molecule has 0 aliphatic heterocycles. The van der Waals surface area contributed by atoms with Gasteiger partial charge in [-0.1, -0.05) is 0 Å². The van der Waals surface area contributed by atoms with Gasteiger partial charge in [-0.15, -0.1) is 0 Å². The van der Waals surface area contributed by atoms with Crippen molar-refractivity contribution in [3.05, 3.63) is 0 Å². The molecule has 0 fully saturated rings. The number of rotatable bonds is 14. The normalized spacial score (nSPS) is 10.4. The summed E-state index contributed by atoms with van der Waals surface area (Å²) < 4.78 is 20.2. The number of hydrogen-bond acceptors (Lipinski definition) is 6. The highest BCUT2D eigenvalue weighted by Crippen LogP contribution is 1.80. The van der Waals surface area contributed by atoms with Crippen molar-refractivity contribution in [1.82, 2.24) is 5.32 Å². The van der Waals surface area contributed by atoms with E-state index in [9.17, 15) is 9.59 Å². The van der Waals surface area contributed by atoms with Gasteiger partial charge in [-0.05, 0) is 6.92 Å². The predicted molar refractivity (Wildman–Crippen MR) is 68.0 cm³/mol. The van der Waals surface area contributed by atoms with Gasteiger partial charge in [0.1, 0.15) is 19.5 Å². The minimum Gasteiger partial charge on any atom is -0.379 e. The Bertz CT molecular complexity index is 224. The zero-order chi connectivity index (χ0) is 14.2. The van der Waals surface area contributed by atoms with E-state index in [2.05, 4.69) is 5.32 Å². The highest BCUT2D eigenvalue weighted by molar-refractivity contribution is 5.77. The average Bonchev–Trinajstić information content (AvgIpc) is 2.41. The van der Waals surface area contributed by atoms with Crippen molar-refractivity contribution in [2.75, 3.05) is 59.4 Å². The molecule has 19 heavy (non-hydrogen) atoms. The Labute approximate surface area is 113 Å². The maximum Gasteiger partial charge on any atom is 0.246 e. The molecule has 7 heteroatoms. The maximum absolute atomic E-state index is 11.3. The van der Waals surface area contributed by atoms with Crippen LogP contribution < -0.4 is 5.32 Å². The lowest BCUT2D eigenvalue weighted by atomic mass is 10.6. The van der Waals surface area contributed by atoms with E-state index in [1.165, 1.54) is 0 Å². The van der Waals surface area contributed by atoms with Crippen LogP contribution in [0.3, 0.4) is 0 Å². The first-order valence-corrected chi connectivity index (χ1v) is 6.32. The van der Waals surface area contributed by atoms with Crippen LogP contribution in [-0.4, -0.2) is 71.6 Å². The second-order valence-electron chi connectivity index (χ2n) is 3.45. The predicted octanol–water partition coefficient (Wildman–Crippen LogP) is -0.612. The molecule has 0 radical (unpaired) electrons. The summed E-state index contributed by atoms with van der Waals surface area (Å²) in [6.45, 7) is 5.13. The number of hydrogen-bond donors (Lipinski definition) is 1. The monoisotopic (exact) mass is 277 g/mol. The summed E-state index contributed by atoms with van der Waals surface area (Å²) in [5.41, 5.74) is 0. The Hall–Kier alpha value is -1.02. The first kappa shape index (κ1) is 18.0. The fourth-order valence-electron chi connectivity index (χ4n) is 1.09. The van der Waals surface area contributed by atoms with Crippen molar-refractivity contribution in [2.24, 2.45) is 0 Å². The molecular formula is C12H23NO6. The lowest BCUT2D eigenvalue weighted by Gasteiger charge is -2.07. The van der Waals surface area contributed by atoms with Crippen molar-refractivity contribution in [2.45, 2.75) is 6.92 Å². The van der Waals surface area contributed by atoms with Crippen LogP contribution in [0.1, 0.15) is 6.92 Å². The molecule has 0 aromatic carbocycles. The van der Waals surface area contributed by atoms with E-state index in [1.54, 1.807) is 0 Å². The van der Waals surface area contributed by atoms with Crippen molar-refractivity contribution < 1.29 is 28.5 Å². The standard InChI is InChI=1S/C12H23NO6/c1-2-16-7-10-19-11-12(15)13-3-5-17-8-9-18-6-4-14/h4H,2-3,5-11H2,1H3,(H,13,15). The minimum absolute atomic E-state index is 0.0233. The van der Waals surface area contributed by atoms with E-state index < -0.39 is 0 Å². The fourth-order valence-corrected chi connectivity index (χ4v) is 1.09. The molecule has 7 nitrogen and oxygen atoms in total. The molecule has 0 bridgehead atoms. The van der Waals surface area contributed by atoms with Crippen molar-refractivity contribution >= 4 is 12.2 Å². The number of carbonyl (C=O) groups excluding carboxylic acids is 2. The quantitative estimate of drug-likeness (QED) is 0.337. The van der Waals surface area contributed by atoms with Gasteiger partial charge in [0, 0.05) is 13.2 Å². The van der Waals surface area contributed by atoms with Gasteiger partial charge in [0.25, 0.3) is 0 Å². The molecule has 0 saturated heterocycles. The third kappa shape index (κ3) is 14.9. The second kappa shape index (κ2) is 15.0. The number of carbonyl (C=O) groups is 2. The zero-order valence-electron chi connectivity index (χ0n) is 11.4. The molecule has 1 amide bonds. The summed E-state index contributed by atoms with van der Waals surface area (Å²) in [5.74, 6) is -0.183. The van der Waals surface area contributed by atoms with Crippen LogP contribution >= 0.6 is 0 Å². The summed E-state index contributed by atoms with van der Waals surface area (Å²) in [6, 6.07) is 0. The first-order chi connectivity index (χ1) is 9.31. The van der Waals surface area contributed by atoms with Crippen LogP contribution in [-0.2, 0) is 28.5 Å². The maximum atomic E-state index is 11.3. The van der Waals surface area contributed by atoms with Crippen molar-refractivity contribution in [3.63, 3.8) is 0 Å². The molecule has 0 spiro atoms. The van der Waals surface area contributed by atoms with E-state index in [0.717, 1.165) is 0 Å². The summed E-state index contributed by atoms with van der Waals surface area (Å²) in [5, 5.41) is 2.65. The molecule has 112 valence electrons. The average molecular weight is 277 g/mol. The van der Waals surface area contributed by atoms with Gasteiger partial charge in [-0.25, -0.2) is 0 Å². The van der Waals surface area contributed by atoms with Crippen molar-refractivity contribution in [3.8, 4) is 0 Å². The summed E-state index contributed by atoms with van der Waals surface area (Å²) in [6.07, 6.45) is 0.686. The van der Waals surface area contributed by atoms with Crippen LogP contribution in [0.2, 0.25) is 0 Å². The molecule has 1 N–H and O–H groups in total. The van der Waals surface area contributed by atoms with Gasteiger partial charge < -0.3 is 29.1 Å². The molecule has 0 aromatic rings. The number of ether oxygens (including phenoxy) is 4. The summed E-state index contributed by atoms with van der Waals surface area (Å²) in [7, 11) is 0. The third-order valence-corrected chi connectivity index (χ3v) is 1.94. The lowest BCUT2D eigenvalue weighted by Crippen LogP contribution is -2.31. The van der Waals surface area contributed by atoms with Gasteiger partial charge in [0.2, 0.25) is 5.91 Å². The number of nitrogens with one attached hydrogen (secondary N) is 1. The molecule has 0 rings (SSSR count). The van der Waals surface area contributed by atoms with E-state index in [4.69, 9.17) is 18.9 Å². The second-order valence-corrected chi connectivity index (χ2v) is 3.45. The Morgan fingerprint density at radius 3 is 2.42 bits per heavy atom. The molecule has 0 saturated carbocycles. The smallest absolute Gasteiger partial charge is 0.246 e. The van der Waals surface area contributed by atoms with E-state index >= 15 is 0 Å². The Morgan fingerprint density at radius 1 is 1.00 bits per heavy atom. The fraction of sp³-hybridized carbons (Fsp3) is 0.833. The van der Waals surface area contributed by atoms with E-state index in [0.29, 0.717) is 52.5 Å². The van der Waals surface area contributed by atoms with E-state index in [-0.39, 0.29) is 19.1 Å². The minimum atomic E-state index is -0.183. The van der Waals surface area contributed by atoms with Crippen molar-refractivity contribution in [1.29, 1.82) is 0 Å². The third-order valence-electron chi connectivity index (χ3n) is 1.94. The SMILES string of the molecule is CCOCCOCC(=O)NCCOCCOCC=O. The molecule has 0 aliphatic rings. The van der Waals surface area contributed by atoms with Crippen LogP contribution in [0.5, 0.6) is 0 Å². The topological polar surface area (TPSA) is 83.1 Å².